The smallest absolute Gasteiger partial charge is 0.341 e. The first-order valence-electron chi connectivity index (χ1n) is 13.0. The van der Waals surface area contributed by atoms with Crippen LogP contribution in [0, 0.1) is 5.41 Å². The van der Waals surface area contributed by atoms with Crippen LogP contribution in [-0.4, -0.2) is 49.2 Å². The SMILES string of the molecule is [2H]C1([2H])C([2H])([2H])C1([2H])n1c2c(cc(C(=O)O)c1=O)C(C1(C)COC1)Oc1cc(OCCCOC)c(Cl)cc1-2. The lowest BCUT2D eigenvalue weighted by molar-refractivity contribution is -0.156. The van der Waals surface area contributed by atoms with Crippen molar-refractivity contribution in [3.8, 4) is 22.8 Å². The molecule has 1 saturated carbocycles. The summed E-state index contributed by atoms with van der Waals surface area (Å²) in [6.45, 7) is 3.14. The molecule has 3 aliphatic rings. The number of aromatic carboxylic acids is 1. The predicted molar refractivity (Wildman–Crippen MR) is 121 cm³/mol. The number of nitrogens with zero attached hydrogens (tertiary/aromatic N) is 1. The number of ether oxygens (including phenoxy) is 4. The molecule has 1 atom stereocenters. The number of carboxylic acid groups (broad SMARTS) is 1. The molecule has 176 valence electrons. The molecule has 1 unspecified atom stereocenters. The molecule has 9 heteroatoms. The third-order valence-corrected chi connectivity index (χ3v) is 6.28. The number of rotatable bonds is 8. The standard InChI is InChI=1S/C24H26ClNO7/c1-24(11-31-12-24)21-15-8-16(23(28)29)22(27)26(13-4-5-13)20(15)14-9-17(25)19(10-18(14)33-21)32-7-3-6-30-2/h8-10,13,21H,3-7,11-12H2,1-2H3,(H,28,29)/i4D2,5D2,13D. The van der Waals surface area contributed by atoms with Gasteiger partial charge in [-0.05, 0) is 24.9 Å². The van der Waals surface area contributed by atoms with Gasteiger partial charge >= 0.3 is 5.97 Å². The van der Waals surface area contributed by atoms with Crippen LogP contribution in [0.3, 0.4) is 0 Å². The van der Waals surface area contributed by atoms with Crippen LogP contribution in [0.2, 0.25) is 5.02 Å². The minimum atomic E-state index is -2.79. The Morgan fingerprint density at radius 3 is 2.73 bits per heavy atom. The molecule has 0 bridgehead atoms. The topological polar surface area (TPSA) is 96.2 Å². The highest BCUT2D eigenvalue weighted by Crippen LogP contribution is 2.54. The molecule has 2 fully saturated rings. The molecule has 5 rings (SSSR count). The number of methoxy groups -OCH3 is 1. The monoisotopic (exact) mass is 480 g/mol. The van der Waals surface area contributed by atoms with Gasteiger partial charge in [0.05, 0.1) is 37.3 Å². The van der Waals surface area contributed by atoms with Crippen LogP contribution in [0.1, 0.15) is 61.0 Å². The second kappa shape index (κ2) is 8.34. The van der Waals surface area contributed by atoms with Gasteiger partial charge in [0.15, 0.2) is 0 Å². The highest BCUT2D eigenvalue weighted by atomic mass is 35.5. The molecule has 0 spiro atoms. The summed E-state index contributed by atoms with van der Waals surface area (Å²) in [5.74, 6) is -1.09. The van der Waals surface area contributed by atoms with Crippen LogP contribution >= 0.6 is 11.6 Å². The zero-order chi connectivity index (χ0) is 27.8. The summed E-state index contributed by atoms with van der Waals surface area (Å²) in [5.41, 5.74) is -2.20. The number of halogens is 1. The zero-order valence-corrected chi connectivity index (χ0v) is 18.8. The first-order valence-corrected chi connectivity index (χ1v) is 10.8. The lowest BCUT2D eigenvalue weighted by Crippen LogP contribution is -2.48. The molecule has 1 saturated heterocycles. The molecule has 0 amide bonds. The van der Waals surface area contributed by atoms with E-state index in [9.17, 15) is 14.7 Å². The number of benzene rings is 1. The summed E-state index contributed by atoms with van der Waals surface area (Å²) in [7, 11) is 1.57. The van der Waals surface area contributed by atoms with Crippen molar-refractivity contribution < 1.29 is 35.7 Å². The zero-order valence-electron chi connectivity index (χ0n) is 23.1. The van der Waals surface area contributed by atoms with Crippen molar-refractivity contribution in [3.05, 3.63) is 44.7 Å². The van der Waals surface area contributed by atoms with Crippen LogP contribution in [0.4, 0.5) is 0 Å². The first-order chi connectivity index (χ1) is 17.7. The van der Waals surface area contributed by atoms with Gasteiger partial charge in [0, 0.05) is 48.8 Å². The van der Waals surface area contributed by atoms with Gasteiger partial charge in [-0.3, -0.25) is 4.79 Å². The van der Waals surface area contributed by atoms with Gasteiger partial charge in [0.1, 0.15) is 23.2 Å². The molecule has 2 aromatic rings. The number of hydrogen-bond donors (Lipinski definition) is 1. The highest BCUT2D eigenvalue weighted by molar-refractivity contribution is 6.32. The van der Waals surface area contributed by atoms with E-state index in [4.69, 9.17) is 37.4 Å². The van der Waals surface area contributed by atoms with E-state index < -0.39 is 47.4 Å². The third kappa shape index (κ3) is 3.80. The van der Waals surface area contributed by atoms with E-state index in [1.165, 1.54) is 12.1 Å². The van der Waals surface area contributed by atoms with Crippen LogP contribution in [-0.2, 0) is 9.47 Å². The van der Waals surface area contributed by atoms with Crippen molar-refractivity contribution >= 4 is 17.6 Å². The summed E-state index contributed by atoms with van der Waals surface area (Å²) in [4.78, 5) is 25.6. The Hall–Kier alpha value is -2.55. The van der Waals surface area contributed by atoms with Gasteiger partial charge in [-0.25, -0.2) is 4.79 Å². The average Bonchev–Trinajstić information content (AvgIpc) is 3.15. The second-order valence-electron chi connectivity index (χ2n) is 8.52. The third-order valence-electron chi connectivity index (χ3n) is 5.98. The van der Waals surface area contributed by atoms with E-state index in [1.807, 2.05) is 6.92 Å². The maximum Gasteiger partial charge on any atom is 0.341 e. The van der Waals surface area contributed by atoms with Gasteiger partial charge in [0.25, 0.3) is 5.56 Å². The molecule has 1 aromatic carbocycles. The fraction of sp³-hybridized carbons (Fsp3) is 0.500. The number of carboxylic acids is 1. The van der Waals surface area contributed by atoms with E-state index in [0.717, 1.165) is 6.07 Å². The molecule has 1 aromatic heterocycles. The summed E-state index contributed by atoms with van der Waals surface area (Å²) < 4.78 is 64.9. The lowest BCUT2D eigenvalue weighted by atomic mass is 9.76. The van der Waals surface area contributed by atoms with E-state index in [0.29, 0.717) is 24.2 Å². The molecule has 0 radical (unpaired) electrons. The van der Waals surface area contributed by atoms with Gasteiger partial charge in [-0.2, -0.15) is 0 Å². The van der Waals surface area contributed by atoms with Crippen LogP contribution in [0.5, 0.6) is 11.5 Å². The van der Waals surface area contributed by atoms with Crippen LogP contribution < -0.4 is 15.0 Å². The van der Waals surface area contributed by atoms with Crippen LogP contribution in [0.15, 0.2) is 23.0 Å². The Bertz CT molecular complexity index is 1380. The molecular weight excluding hydrogens is 450 g/mol. The molecule has 1 N–H and O–H groups in total. The lowest BCUT2D eigenvalue weighted by Gasteiger charge is -2.46. The minimum Gasteiger partial charge on any atom is -0.492 e. The Labute approximate surface area is 203 Å². The number of pyridine rings is 1. The second-order valence-corrected chi connectivity index (χ2v) is 8.93. The largest absolute Gasteiger partial charge is 0.492 e. The fourth-order valence-corrected chi connectivity index (χ4v) is 4.43. The summed E-state index contributed by atoms with van der Waals surface area (Å²) >= 11 is 6.51. The van der Waals surface area contributed by atoms with Gasteiger partial charge in [0.2, 0.25) is 0 Å². The molecular formula is C24H26ClNO7. The van der Waals surface area contributed by atoms with Crippen LogP contribution in [0.25, 0.3) is 11.3 Å². The normalized spacial score (nSPS) is 26.5. The van der Waals surface area contributed by atoms with E-state index in [2.05, 4.69) is 0 Å². The maximum absolute atomic E-state index is 13.5. The van der Waals surface area contributed by atoms with Crippen molar-refractivity contribution in [3.63, 3.8) is 0 Å². The molecule has 1 aliphatic carbocycles. The average molecular weight is 481 g/mol. The highest BCUT2D eigenvalue weighted by Gasteiger charge is 2.48. The van der Waals surface area contributed by atoms with Gasteiger partial charge in [-0.15, -0.1) is 0 Å². The van der Waals surface area contributed by atoms with Crippen molar-refractivity contribution in [1.29, 1.82) is 0 Å². The number of fused-ring (bicyclic) bond motifs is 3. The first kappa shape index (κ1) is 17.0. The molecule has 33 heavy (non-hydrogen) atoms. The number of carbonyl (C=O) groups is 1. The van der Waals surface area contributed by atoms with E-state index in [-0.39, 0.29) is 46.6 Å². The maximum atomic E-state index is 13.5. The van der Waals surface area contributed by atoms with Gasteiger partial charge in [-0.1, -0.05) is 18.5 Å². The summed E-state index contributed by atoms with van der Waals surface area (Å²) in [5, 5.41) is 9.95. The Balaban J connectivity index is 1.79. The van der Waals surface area contributed by atoms with Crippen molar-refractivity contribution in [2.75, 3.05) is 33.5 Å². The number of aromatic nitrogens is 1. The van der Waals surface area contributed by atoms with Crippen molar-refractivity contribution in [2.24, 2.45) is 5.41 Å². The van der Waals surface area contributed by atoms with E-state index in [1.54, 1.807) is 7.11 Å². The molecule has 2 aliphatic heterocycles. The fourth-order valence-electron chi connectivity index (χ4n) is 4.22. The Morgan fingerprint density at radius 2 is 2.12 bits per heavy atom. The summed E-state index contributed by atoms with van der Waals surface area (Å²) in [6.07, 6.45) is -5.85. The quantitative estimate of drug-likeness (QED) is 0.568. The van der Waals surface area contributed by atoms with Crippen molar-refractivity contribution in [1.82, 2.24) is 4.57 Å². The minimum absolute atomic E-state index is 0.0209. The Morgan fingerprint density at radius 1 is 1.36 bits per heavy atom. The molecule has 8 nitrogen and oxygen atoms in total. The predicted octanol–water partition coefficient (Wildman–Crippen LogP) is 4.09. The Kier molecular flexibility index (Phi) is 4.29. The summed E-state index contributed by atoms with van der Waals surface area (Å²) in [6, 6.07) is 1.37. The number of hydrogen-bond acceptors (Lipinski definition) is 6. The molecule has 3 heterocycles. The van der Waals surface area contributed by atoms with Gasteiger partial charge < -0.3 is 28.6 Å². The van der Waals surface area contributed by atoms with E-state index >= 15 is 0 Å². The van der Waals surface area contributed by atoms with Crippen molar-refractivity contribution in [2.45, 2.75) is 38.2 Å².